The molecule has 0 bridgehead atoms. The van der Waals surface area contributed by atoms with Gasteiger partial charge in [0.2, 0.25) is 0 Å². The molecule has 0 saturated carbocycles. The fourth-order valence-electron chi connectivity index (χ4n) is 2.44. The summed E-state index contributed by atoms with van der Waals surface area (Å²) in [6, 6.07) is 14.3. The number of anilines is 1. The van der Waals surface area contributed by atoms with Crippen LogP contribution >= 0.6 is 38.9 Å². The van der Waals surface area contributed by atoms with Crippen LogP contribution in [0.25, 0.3) is 10.2 Å². The van der Waals surface area contributed by atoms with Crippen LogP contribution in [0.1, 0.15) is 16.2 Å². The Hall–Kier alpha value is -2.22. The molecule has 0 unspecified atom stereocenters. The van der Waals surface area contributed by atoms with Gasteiger partial charge in [-0.1, -0.05) is 29.0 Å². The van der Waals surface area contributed by atoms with Crippen LogP contribution < -0.4 is 4.90 Å². The van der Waals surface area contributed by atoms with Gasteiger partial charge in [0, 0.05) is 11.2 Å². The predicted octanol–water partition coefficient (Wildman–Crippen LogP) is 5.55. The zero-order valence-electron chi connectivity index (χ0n) is 13.2. The van der Waals surface area contributed by atoms with Crippen molar-refractivity contribution in [1.29, 1.82) is 0 Å². The average Bonchev–Trinajstić information content (AvgIpc) is 3.25. The van der Waals surface area contributed by atoms with Crippen LogP contribution in [0.15, 0.2) is 63.8 Å². The lowest BCUT2D eigenvalue weighted by molar-refractivity contribution is 0.0957. The molecule has 26 heavy (non-hydrogen) atoms. The SMILES string of the molecule is O=C(c1ccc(Br)o1)N(Cc1ccccn1)c1nc2ccc(Cl)cc2s1. The van der Waals surface area contributed by atoms with E-state index in [4.69, 9.17) is 16.0 Å². The molecule has 0 saturated heterocycles. The standard InChI is InChI=1S/C18H11BrClN3O2S/c19-16-7-6-14(25-16)17(24)23(10-12-3-1-2-8-21-12)18-22-13-5-4-11(20)9-15(13)26-18/h1-9H,10H2. The smallest absolute Gasteiger partial charge is 0.296 e. The van der Waals surface area contributed by atoms with E-state index in [1.165, 1.54) is 11.3 Å². The molecule has 0 aliphatic carbocycles. The van der Waals surface area contributed by atoms with Gasteiger partial charge in [-0.2, -0.15) is 0 Å². The van der Waals surface area contributed by atoms with Crippen molar-refractivity contribution in [2.75, 3.05) is 4.90 Å². The summed E-state index contributed by atoms with van der Waals surface area (Å²) in [5.74, 6) is -0.0587. The summed E-state index contributed by atoms with van der Waals surface area (Å²) in [6.45, 7) is 0.283. The van der Waals surface area contributed by atoms with Crippen molar-refractivity contribution in [1.82, 2.24) is 9.97 Å². The van der Waals surface area contributed by atoms with E-state index in [1.807, 2.05) is 30.3 Å². The molecule has 0 N–H and O–H groups in total. The maximum atomic E-state index is 13.0. The zero-order valence-corrected chi connectivity index (χ0v) is 16.4. The molecule has 130 valence electrons. The molecule has 0 radical (unpaired) electrons. The summed E-state index contributed by atoms with van der Waals surface area (Å²) in [5.41, 5.74) is 1.54. The van der Waals surface area contributed by atoms with Crippen LogP contribution in [-0.4, -0.2) is 15.9 Å². The van der Waals surface area contributed by atoms with Crippen molar-refractivity contribution < 1.29 is 9.21 Å². The number of halogens is 2. The lowest BCUT2D eigenvalue weighted by Crippen LogP contribution is -2.30. The molecule has 0 fully saturated rings. The molecule has 0 aliphatic heterocycles. The summed E-state index contributed by atoms with van der Waals surface area (Å²) < 4.78 is 6.84. The third-order valence-corrected chi connectivity index (χ3v) is 5.35. The van der Waals surface area contributed by atoms with Gasteiger partial charge in [0.05, 0.1) is 22.5 Å². The van der Waals surface area contributed by atoms with Crippen molar-refractivity contribution in [3.05, 3.63) is 75.9 Å². The molecule has 5 nitrogen and oxygen atoms in total. The number of carbonyl (C=O) groups excluding carboxylic acids is 1. The first-order chi connectivity index (χ1) is 12.6. The van der Waals surface area contributed by atoms with E-state index in [-0.39, 0.29) is 18.2 Å². The topological polar surface area (TPSA) is 59.2 Å². The van der Waals surface area contributed by atoms with Crippen molar-refractivity contribution in [2.24, 2.45) is 0 Å². The van der Waals surface area contributed by atoms with Gasteiger partial charge in [-0.3, -0.25) is 14.7 Å². The van der Waals surface area contributed by atoms with Gasteiger partial charge in [-0.05, 0) is 58.4 Å². The minimum Gasteiger partial charge on any atom is -0.444 e. The summed E-state index contributed by atoms with van der Waals surface area (Å²) >= 11 is 10.7. The average molecular weight is 449 g/mol. The minimum absolute atomic E-state index is 0.227. The zero-order chi connectivity index (χ0) is 18.1. The normalized spacial score (nSPS) is 11.0. The van der Waals surface area contributed by atoms with Crippen LogP contribution in [0.4, 0.5) is 5.13 Å². The number of fused-ring (bicyclic) bond motifs is 1. The highest BCUT2D eigenvalue weighted by atomic mass is 79.9. The van der Waals surface area contributed by atoms with Crippen molar-refractivity contribution in [3.8, 4) is 0 Å². The molecular formula is C18H11BrClN3O2S. The van der Waals surface area contributed by atoms with E-state index in [0.29, 0.717) is 14.8 Å². The van der Waals surface area contributed by atoms with Crippen molar-refractivity contribution >= 4 is 60.1 Å². The Balaban J connectivity index is 1.76. The molecule has 4 rings (SSSR count). The Morgan fingerprint density at radius 2 is 2.12 bits per heavy atom. The maximum absolute atomic E-state index is 13.0. The maximum Gasteiger partial charge on any atom is 0.296 e. The number of pyridine rings is 1. The highest BCUT2D eigenvalue weighted by molar-refractivity contribution is 9.10. The number of amides is 1. The first kappa shape index (κ1) is 17.2. The highest BCUT2D eigenvalue weighted by Gasteiger charge is 2.24. The van der Waals surface area contributed by atoms with Crippen LogP contribution in [0.3, 0.4) is 0 Å². The largest absolute Gasteiger partial charge is 0.444 e. The lowest BCUT2D eigenvalue weighted by atomic mass is 10.3. The fourth-order valence-corrected chi connectivity index (χ4v) is 3.99. The summed E-state index contributed by atoms with van der Waals surface area (Å²) in [6.07, 6.45) is 1.69. The van der Waals surface area contributed by atoms with Gasteiger partial charge >= 0.3 is 0 Å². The molecule has 3 aromatic heterocycles. The molecule has 0 spiro atoms. The molecule has 1 amide bonds. The Morgan fingerprint density at radius 3 is 2.85 bits per heavy atom. The van der Waals surface area contributed by atoms with Crippen LogP contribution in [0.2, 0.25) is 5.02 Å². The van der Waals surface area contributed by atoms with E-state index < -0.39 is 0 Å². The molecule has 4 aromatic rings. The van der Waals surface area contributed by atoms with E-state index in [0.717, 1.165) is 15.9 Å². The van der Waals surface area contributed by atoms with Gasteiger partial charge in [0.15, 0.2) is 15.6 Å². The lowest BCUT2D eigenvalue weighted by Gasteiger charge is -2.18. The van der Waals surface area contributed by atoms with E-state index >= 15 is 0 Å². The number of thiazole rings is 1. The van der Waals surface area contributed by atoms with Gasteiger partial charge in [-0.25, -0.2) is 4.98 Å². The van der Waals surface area contributed by atoms with E-state index in [9.17, 15) is 4.79 Å². The van der Waals surface area contributed by atoms with Gasteiger partial charge in [-0.15, -0.1) is 0 Å². The molecule has 1 aromatic carbocycles. The first-order valence-electron chi connectivity index (χ1n) is 7.63. The molecular weight excluding hydrogens is 438 g/mol. The predicted molar refractivity (Wildman–Crippen MR) is 106 cm³/mol. The number of nitrogens with zero attached hydrogens (tertiary/aromatic N) is 3. The minimum atomic E-state index is -0.286. The van der Waals surface area contributed by atoms with Crippen LogP contribution in [0, 0.1) is 0 Å². The van der Waals surface area contributed by atoms with Gasteiger partial charge < -0.3 is 4.42 Å². The number of aromatic nitrogens is 2. The number of hydrogen-bond acceptors (Lipinski definition) is 5. The second-order valence-corrected chi connectivity index (χ2v) is 7.65. The number of benzene rings is 1. The quantitative estimate of drug-likeness (QED) is 0.411. The van der Waals surface area contributed by atoms with Gasteiger partial charge in [0.1, 0.15) is 0 Å². The Kier molecular flexibility index (Phi) is 4.76. The molecule has 0 atom stereocenters. The number of furan rings is 1. The van der Waals surface area contributed by atoms with Crippen molar-refractivity contribution in [2.45, 2.75) is 6.54 Å². The second kappa shape index (κ2) is 7.19. The Morgan fingerprint density at radius 1 is 1.23 bits per heavy atom. The number of hydrogen-bond donors (Lipinski definition) is 0. The first-order valence-corrected chi connectivity index (χ1v) is 9.62. The Labute approximate surface area is 166 Å². The highest BCUT2D eigenvalue weighted by Crippen LogP contribution is 2.32. The van der Waals surface area contributed by atoms with E-state index in [1.54, 1.807) is 29.3 Å². The summed E-state index contributed by atoms with van der Waals surface area (Å²) in [5, 5.41) is 1.19. The second-order valence-electron chi connectivity index (χ2n) is 5.42. The summed E-state index contributed by atoms with van der Waals surface area (Å²) in [4.78, 5) is 23.5. The third-order valence-electron chi connectivity index (χ3n) is 3.65. The Bertz CT molecular complexity index is 1080. The summed E-state index contributed by atoms with van der Waals surface area (Å²) in [7, 11) is 0. The van der Waals surface area contributed by atoms with E-state index in [2.05, 4.69) is 25.9 Å². The van der Waals surface area contributed by atoms with Crippen molar-refractivity contribution in [3.63, 3.8) is 0 Å². The third kappa shape index (κ3) is 3.51. The molecule has 8 heteroatoms. The monoisotopic (exact) mass is 447 g/mol. The number of rotatable bonds is 4. The van der Waals surface area contributed by atoms with Crippen LogP contribution in [-0.2, 0) is 6.54 Å². The van der Waals surface area contributed by atoms with Gasteiger partial charge in [0.25, 0.3) is 5.91 Å². The number of carbonyl (C=O) groups is 1. The fraction of sp³-hybridized carbons (Fsp3) is 0.0556. The van der Waals surface area contributed by atoms with Crippen LogP contribution in [0.5, 0.6) is 0 Å². The molecule has 0 aliphatic rings. The molecule has 3 heterocycles.